The molecular weight excluding hydrogens is 526 g/mol. The molecule has 0 amide bonds. The number of rotatable bonds is 16. The average Bonchev–Trinajstić information content (AvgIpc) is 3.55. The van der Waals surface area contributed by atoms with Crippen LogP contribution in [0.4, 0.5) is 0 Å². The maximum atomic E-state index is 6.83. The molecule has 4 aliphatic heterocycles. The molecule has 4 aliphatic rings. The van der Waals surface area contributed by atoms with Gasteiger partial charge in [0.1, 0.15) is 0 Å². The van der Waals surface area contributed by atoms with Crippen LogP contribution in [-0.2, 0) is 30.4 Å². The maximum Gasteiger partial charge on any atom is 0.252 e. The zero-order chi connectivity index (χ0) is 28.0. The van der Waals surface area contributed by atoms with E-state index in [2.05, 4.69) is 31.2 Å². The minimum Gasteiger partial charge on any atom is -0.379 e. The third-order valence-corrected chi connectivity index (χ3v) is 8.47. The summed E-state index contributed by atoms with van der Waals surface area (Å²) in [6.45, 7) is 12.1. The highest BCUT2D eigenvalue weighted by Gasteiger charge is 2.51. The van der Waals surface area contributed by atoms with E-state index in [-0.39, 0.29) is 0 Å². The highest BCUT2D eigenvalue weighted by molar-refractivity contribution is 5.02. The molecular formula is C29H53N7O5. The first kappa shape index (κ1) is 31.3. The second-order valence-corrected chi connectivity index (χ2v) is 11.5. The molecule has 1 aromatic heterocycles. The number of ether oxygens (including phenoxy) is 4. The number of aromatic nitrogens is 1. The van der Waals surface area contributed by atoms with E-state index in [1.54, 1.807) is 0 Å². The first-order valence-electron chi connectivity index (χ1n) is 15.9. The van der Waals surface area contributed by atoms with Gasteiger partial charge in [0.05, 0.1) is 46.2 Å². The summed E-state index contributed by atoms with van der Waals surface area (Å²) in [5.41, 5.74) is 0.995. The topological polar surface area (TPSA) is 117 Å². The molecule has 0 spiro atoms. The lowest BCUT2D eigenvalue weighted by molar-refractivity contribution is -0.420. The van der Waals surface area contributed by atoms with Gasteiger partial charge in [-0.25, -0.2) is 0 Å². The van der Waals surface area contributed by atoms with Crippen LogP contribution < -0.4 is 21.3 Å². The van der Waals surface area contributed by atoms with Crippen molar-refractivity contribution in [3.05, 3.63) is 24.0 Å². The van der Waals surface area contributed by atoms with E-state index in [4.69, 9.17) is 23.8 Å². The van der Waals surface area contributed by atoms with Crippen LogP contribution in [0.1, 0.15) is 44.2 Å². The van der Waals surface area contributed by atoms with E-state index in [1.165, 1.54) is 19.3 Å². The summed E-state index contributed by atoms with van der Waals surface area (Å²) in [7, 11) is 0. The monoisotopic (exact) mass is 579 g/mol. The van der Waals surface area contributed by atoms with Crippen molar-refractivity contribution in [1.82, 2.24) is 36.2 Å². The summed E-state index contributed by atoms with van der Waals surface area (Å²) in [4.78, 5) is 12.2. The number of aromatic amines is 1. The van der Waals surface area contributed by atoms with Crippen LogP contribution >= 0.6 is 0 Å². The quantitative estimate of drug-likeness (QED) is 0.140. The Bertz CT molecular complexity index is 792. The fourth-order valence-corrected chi connectivity index (χ4v) is 6.10. The van der Waals surface area contributed by atoms with E-state index >= 15 is 0 Å². The van der Waals surface area contributed by atoms with E-state index in [0.717, 1.165) is 90.5 Å². The SMILES string of the molecule is c1c[nH]c(COC2OCCN(OCCCN3CCOCC3)C2(NCCC2CNCCN2)OCCC2CCCCN2)c1. The summed E-state index contributed by atoms with van der Waals surface area (Å²) < 4.78 is 25.1. The molecule has 4 saturated heterocycles. The number of hydrogen-bond donors (Lipinski definition) is 5. The minimum atomic E-state index is -1.05. The number of piperazine rings is 1. The Hall–Kier alpha value is -1.16. The second kappa shape index (κ2) is 17.2. The molecule has 5 heterocycles. The van der Waals surface area contributed by atoms with Crippen molar-refractivity contribution in [2.45, 2.75) is 69.4 Å². The molecule has 4 atom stereocenters. The number of morpholine rings is 2. The Balaban J connectivity index is 1.26. The van der Waals surface area contributed by atoms with Crippen molar-refractivity contribution in [2.24, 2.45) is 0 Å². The third kappa shape index (κ3) is 9.67. The zero-order valence-electron chi connectivity index (χ0n) is 24.7. The van der Waals surface area contributed by atoms with Gasteiger partial charge in [-0.2, -0.15) is 0 Å². The number of nitrogens with one attached hydrogen (secondary N) is 5. The smallest absolute Gasteiger partial charge is 0.252 e. The van der Waals surface area contributed by atoms with Crippen LogP contribution in [0.3, 0.4) is 0 Å². The van der Waals surface area contributed by atoms with E-state index in [0.29, 0.717) is 45.1 Å². The van der Waals surface area contributed by atoms with Gasteiger partial charge >= 0.3 is 0 Å². The van der Waals surface area contributed by atoms with E-state index < -0.39 is 12.1 Å². The van der Waals surface area contributed by atoms with Crippen molar-refractivity contribution in [2.75, 3.05) is 91.9 Å². The Labute approximate surface area is 245 Å². The predicted molar refractivity (Wildman–Crippen MR) is 156 cm³/mol. The van der Waals surface area contributed by atoms with Gasteiger partial charge in [0.15, 0.2) is 0 Å². The molecule has 4 fully saturated rings. The molecule has 0 aromatic carbocycles. The number of hydroxylamine groups is 2. The van der Waals surface area contributed by atoms with Gasteiger partial charge in [-0.15, -0.1) is 5.06 Å². The summed E-state index contributed by atoms with van der Waals surface area (Å²) in [5, 5.41) is 16.5. The van der Waals surface area contributed by atoms with Crippen molar-refractivity contribution in [1.29, 1.82) is 0 Å². The van der Waals surface area contributed by atoms with Crippen molar-refractivity contribution in [3.63, 3.8) is 0 Å². The van der Waals surface area contributed by atoms with Gasteiger partial charge in [0.25, 0.3) is 5.85 Å². The van der Waals surface area contributed by atoms with Gasteiger partial charge in [-0.3, -0.25) is 15.1 Å². The summed E-state index contributed by atoms with van der Waals surface area (Å²) >= 11 is 0. The summed E-state index contributed by atoms with van der Waals surface area (Å²) in [6.07, 6.45) is 7.79. The van der Waals surface area contributed by atoms with Gasteiger partial charge in [-0.05, 0) is 50.8 Å². The highest BCUT2D eigenvalue weighted by Crippen LogP contribution is 2.29. The number of hydrogen-bond acceptors (Lipinski definition) is 11. The normalized spacial score (nSPS) is 30.5. The first-order valence-corrected chi connectivity index (χ1v) is 15.9. The van der Waals surface area contributed by atoms with Crippen LogP contribution in [0.2, 0.25) is 0 Å². The molecule has 12 nitrogen and oxygen atoms in total. The molecule has 5 N–H and O–H groups in total. The van der Waals surface area contributed by atoms with E-state index in [9.17, 15) is 0 Å². The number of piperidine rings is 1. The molecule has 234 valence electrons. The number of H-pyrrole nitrogens is 1. The van der Waals surface area contributed by atoms with Gasteiger partial charge in [-0.1, -0.05) is 6.42 Å². The molecule has 4 unspecified atom stereocenters. The van der Waals surface area contributed by atoms with Crippen LogP contribution in [-0.4, -0.2) is 131 Å². The Morgan fingerprint density at radius 3 is 2.73 bits per heavy atom. The first-order chi connectivity index (χ1) is 20.3. The standard InChI is InChI=1S/C29H53N7O5/c1-2-9-31-25(5-1)8-19-40-29(34-11-7-26-23-30-12-13-33-26)28(39-24-27-6-3-10-32-27)38-22-17-36(29)41-18-4-14-35-15-20-37-21-16-35/h3,6,10,25-26,28,30-34H,1-2,4-5,7-9,11-24H2. The Morgan fingerprint density at radius 2 is 1.93 bits per heavy atom. The molecule has 5 rings (SSSR count). The molecule has 1 aromatic rings. The van der Waals surface area contributed by atoms with Crippen LogP contribution in [0.25, 0.3) is 0 Å². The second-order valence-electron chi connectivity index (χ2n) is 11.5. The number of nitrogens with zero attached hydrogens (tertiary/aromatic N) is 2. The summed E-state index contributed by atoms with van der Waals surface area (Å²) in [6, 6.07) is 4.89. The summed E-state index contributed by atoms with van der Waals surface area (Å²) in [5.74, 6) is -1.05. The molecule has 0 bridgehead atoms. The molecule has 41 heavy (non-hydrogen) atoms. The minimum absolute atomic E-state index is 0.396. The lowest BCUT2D eigenvalue weighted by Crippen LogP contribution is -2.72. The van der Waals surface area contributed by atoms with Crippen LogP contribution in [0, 0.1) is 0 Å². The Morgan fingerprint density at radius 1 is 1.00 bits per heavy atom. The lowest BCUT2D eigenvalue weighted by Gasteiger charge is -2.49. The van der Waals surface area contributed by atoms with Gasteiger partial charge in [0.2, 0.25) is 6.29 Å². The fraction of sp³-hybridized carbons (Fsp3) is 0.862. The predicted octanol–water partition coefficient (Wildman–Crippen LogP) is 0.587. The van der Waals surface area contributed by atoms with Crippen LogP contribution in [0.5, 0.6) is 0 Å². The van der Waals surface area contributed by atoms with E-state index in [1.807, 2.05) is 23.4 Å². The zero-order valence-corrected chi connectivity index (χ0v) is 24.7. The molecule has 0 aliphatic carbocycles. The molecule has 12 heteroatoms. The Kier molecular flexibility index (Phi) is 13.1. The van der Waals surface area contributed by atoms with Crippen molar-refractivity contribution >= 4 is 0 Å². The van der Waals surface area contributed by atoms with Crippen LogP contribution in [0.15, 0.2) is 18.3 Å². The largest absolute Gasteiger partial charge is 0.379 e. The average molecular weight is 580 g/mol. The molecule has 0 radical (unpaired) electrons. The highest BCUT2D eigenvalue weighted by atomic mass is 16.8. The van der Waals surface area contributed by atoms with Gasteiger partial charge < -0.3 is 39.9 Å². The maximum absolute atomic E-state index is 6.83. The van der Waals surface area contributed by atoms with Gasteiger partial charge in [0, 0.05) is 69.8 Å². The van der Waals surface area contributed by atoms with Crippen molar-refractivity contribution in [3.8, 4) is 0 Å². The fourth-order valence-electron chi connectivity index (χ4n) is 6.10. The molecule has 0 saturated carbocycles. The lowest BCUT2D eigenvalue weighted by atomic mass is 10.0. The van der Waals surface area contributed by atoms with Crippen molar-refractivity contribution < 1.29 is 23.8 Å². The third-order valence-electron chi connectivity index (χ3n) is 8.47.